The third-order valence-electron chi connectivity index (χ3n) is 3.28. The van der Waals surface area contributed by atoms with Crippen molar-refractivity contribution in [3.8, 4) is 5.88 Å². The number of hydrogen-bond acceptors (Lipinski definition) is 6. The number of rotatable bonds is 7. The van der Waals surface area contributed by atoms with E-state index in [2.05, 4.69) is 27.1 Å². The van der Waals surface area contributed by atoms with Crippen molar-refractivity contribution in [1.29, 1.82) is 0 Å². The molecule has 21 heavy (non-hydrogen) atoms. The molecular formula is C15H26N4O2. The van der Waals surface area contributed by atoms with Crippen LogP contribution < -0.4 is 15.0 Å². The first-order valence-electron chi connectivity index (χ1n) is 7.74. The Balaban J connectivity index is 2.05. The SMILES string of the molecule is CCCNCC1COCCN1c1cncc(OC(C)C)n1. The lowest BCUT2D eigenvalue weighted by Gasteiger charge is -2.36. The summed E-state index contributed by atoms with van der Waals surface area (Å²) in [6, 6.07) is 0.286. The Kier molecular flexibility index (Phi) is 6.20. The maximum atomic E-state index is 5.63. The molecule has 1 saturated heterocycles. The zero-order chi connectivity index (χ0) is 15.1. The average molecular weight is 294 g/mol. The quantitative estimate of drug-likeness (QED) is 0.769. The standard InChI is InChI=1S/C15H26N4O2/c1-4-5-16-8-13-11-20-7-6-19(13)14-9-17-10-15(18-14)21-12(2)3/h9-10,12-13,16H,4-8,11H2,1-3H3. The van der Waals surface area contributed by atoms with E-state index in [9.17, 15) is 0 Å². The molecule has 6 nitrogen and oxygen atoms in total. The Morgan fingerprint density at radius 3 is 3.10 bits per heavy atom. The molecule has 1 aromatic rings. The van der Waals surface area contributed by atoms with Crippen LogP contribution in [0.3, 0.4) is 0 Å². The molecule has 1 aromatic heterocycles. The summed E-state index contributed by atoms with van der Waals surface area (Å²) in [4.78, 5) is 11.1. The Morgan fingerprint density at radius 2 is 2.33 bits per heavy atom. The van der Waals surface area contributed by atoms with E-state index in [1.807, 2.05) is 13.8 Å². The van der Waals surface area contributed by atoms with Crippen LogP contribution in [0.1, 0.15) is 27.2 Å². The summed E-state index contributed by atoms with van der Waals surface area (Å²) in [6.07, 6.45) is 4.69. The van der Waals surface area contributed by atoms with Gasteiger partial charge in [-0.2, -0.15) is 4.98 Å². The molecule has 1 N–H and O–H groups in total. The zero-order valence-corrected chi connectivity index (χ0v) is 13.2. The van der Waals surface area contributed by atoms with E-state index in [0.717, 1.165) is 38.5 Å². The smallest absolute Gasteiger partial charge is 0.234 e. The molecule has 1 fully saturated rings. The summed E-state index contributed by atoms with van der Waals surface area (Å²) in [7, 11) is 0. The van der Waals surface area contributed by atoms with E-state index in [-0.39, 0.29) is 12.1 Å². The van der Waals surface area contributed by atoms with Gasteiger partial charge in [-0.05, 0) is 26.8 Å². The lowest BCUT2D eigenvalue weighted by Crippen LogP contribution is -2.51. The predicted octanol–water partition coefficient (Wildman–Crippen LogP) is 1.47. The molecule has 118 valence electrons. The van der Waals surface area contributed by atoms with Crippen LogP contribution in [-0.2, 0) is 4.74 Å². The highest BCUT2D eigenvalue weighted by atomic mass is 16.5. The van der Waals surface area contributed by atoms with E-state index in [0.29, 0.717) is 12.5 Å². The van der Waals surface area contributed by atoms with Crippen LogP contribution in [0.15, 0.2) is 12.4 Å². The zero-order valence-electron chi connectivity index (χ0n) is 13.2. The maximum Gasteiger partial charge on any atom is 0.234 e. The number of morpholine rings is 1. The fourth-order valence-corrected chi connectivity index (χ4v) is 2.35. The Bertz CT molecular complexity index is 428. The maximum absolute atomic E-state index is 5.63. The molecule has 1 atom stereocenters. The largest absolute Gasteiger partial charge is 0.474 e. The number of hydrogen-bond donors (Lipinski definition) is 1. The second-order valence-electron chi connectivity index (χ2n) is 5.51. The number of aromatic nitrogens is 2. The summed E-state index contributed by atoms with van der Waals surface area (Å²) in [5.74, 6) is 1.44. The lowest BCUT2D eigenvalue weighted by molar-refractivity contribution is 0.0932. The van der Waals surface area contributed by atoms with Gasteiger partial charge in [0.2, 0.25) is 5.88 Å². The Hall–Kier alpha value is -1.40. The molecule has 0 bridgehead atoms. The van der Waals surface area contributed by atoms with Gasteiger partial charge in [0.1, 0.15) is 0 Å². The highest BCUT2D eigenvalue weighted by molar-refractivity contribution is 5.39. The molecule has 0 saturated carbocycles. The van der Waals surface area contributed by atoms with Crippen LogP contribution in [-0.4, -0.2) is 55.0 Å². The number of ether oxygens (including phenoxy) is 2. The van der Waals surface area contributed by atoms with Gasteiger partial charge in [-0.3, -0.25) is 4.98 Å². The van der Waals surface area contributed by atoms with Crippen molar-refractivity contribution >= 4 is 5.82 Å². The van der Waals surface area contributed by atoms with Crippen molar-refractivity contribution in [1.82, 2.24) is 15.3 Å². The summed E-state index contributed by atoms with van der Waals surface area (Å²) in [5, 5.41) is 3.45. The summed E-state index contributed by atoms with van der Waals surface area (Å²) < 4.78 is 11.2. The van der Waals surface area contributed by atoms with Crippen molar-refractivity contribution < 1.29 is 9.47 Å². The molecule has 2 heterocycles. The molecule has 0 radical (unpaired) electrons. The van der Waals surface area contributed by atoms with E-state index in [4.69, 9.17) is 9.47 Å². The molecule has 0 spiro atoms. The molecule has 0 amide bonds. The number of anilines is 1. The van der Waals surface area contributed by atoms with Gasteiger partial charge in [-0.15, -0.1) is 0 Å². The van der Waals surface area contributed by atoms with Crippen LogP contribution in [0.4, 0.5) is 5.82 Å². The van der Waals surface area contributed by atoms with Crippen LogP contribution in [0.5, 0.6) is 5.88 Å². The van der Waals surface area contributed by atoms with E-state index >= 15 is 0 Å². The minimum Gasteiger partial charge on any atom is -0.474 e. The highest BCUT2D eigenvalue weighted by Crippen LogP contribution is 2.19. The summed E-state index contributed by atoms with van der Waals surface area (Å²) in [5.41, 5.74) is 0. The van der Waals surface area contributed by atoms with Crippen molar-refractivity contribution in [3.63, 3.8) is 0 Å². The van der Waals surface area contributed by atoms with Gasteiger partial charge in [-0.25, -0.2) is 0 Å². The first-order valence-corrected chi connectivity index (χ1v) is 7.74. The fraction of sp³-hybridized carbons (Fsp3) is 0.733. The van der Waals surface area contributed by atoms with Gasteiger partial charge in [0, 0.05) is 13.1 Å². The van der Waals surface area contributed by atoms with Crippen molar-refractivity contribution in [2.45, 2.75) is 39.3 Å². The van der Waals surface area contributed by atoms with Crippen LogP contribution in [0.2, 0.25) is 0 Å². The summed E-state index contributed by atoms with van der Waals surface area (Å²) in [6.45, 7) is 10.3. The van der Waals surface area contributed by atoms with Crippen LogP contribution in [0.25, 0.3) is 0 Å². The third-order valence-corrected chi connectivity index (χ3v) is 3.28. The second kappa shape index (κ2) is 8.14. The minimum atomic E-state index is 0.0984. The van der Waals surface area contributed by atoms with E-state index < -0.39 is 0 Å². The molecule has 1 unspecified atom stereocenters. The fourth-order valence-electron chi connectivity index (χ4n) is 2.35. The van der Waals surface area contributed by atoms with Crippen molar-refractivity contribution in [2.75, 3.05) is 37.7 Å². The lowest BCUT2D eigenvalue weighted by atomic mass is 10.2. The average Bonchev–Trinajstić information content (AvgIpc) is 2.48. The minimum absolute atomic E-state index is 0.0984. The summed E-state index contributed by atoms with van der Waals surface area (Å²) >= 11 is 0. The normalized spacial score (nSPS) is 19.0. The van der Waals surface area contributed by atoms with Crippen molar-refractivity contribution in [3.05, 3.63) is 12.4 Å². The molecule has 0 aliphatic carbocycles. The van der Waals surface area contributed by atoms with E-state index in [1.165, 1.54) is 0 Å². The van der Waals surface area contributed by atoms with E-state index in [1.54, 1.807) is 12.4 Å². The second-order valence-corrected chi connectivity index (χ2v) is 5.51. The first-order chi connectivity index (χ1) is 10.2. The first kappa shape index (κ1) is 16.0. The van der Waals surface area contributed by atoms with Gasteiger partial charge in [0.25, 0.3) is 0 Å². The van der Waals surface area contributed by atoms with Gasteiger partial charge >= 0.3 is 0 Å². The van der Waals surface area contributed by atoms with Gasteiger partial charge < -0.3 is 19.7 Å². The third kappa shape index (κ3) is 4.82. The van der Waals surface area contributed by atoms with Gasteiger partial charge in [0.05, 0.1) is 37.8 Å². The number of nitrogens with one attached hydrogen (secondary N) is 1. The highest BCUT2D eigenvalue weighted by Gasteiger charge is 2.24. The Morgan fingerprint density at radius 1 is 1.48 bits per heavy atom. The molecule has 1 aliphatic rings. The predicted molar refractivity (Wildman–Crippen MR) is 82.9 cm³/mol. The van der Waals surface area contributed by atoms with Crippen LogP contribution in [0, 0.1) is 0 Å². The molecule has 1 aliphatic heterocycles. The topological polar surface area (TPSA) is 59.5 Å². The van der Waals surface area contributed by atoms with Gasteiger partial charge in [-0.1, -0.05) is 6.92 Å². The van der Waals surface area contributed by atoms with Crippen LogP contribution >= 0.6 is 0 Å². The molecular weight excluding hydrogens is 268 g/mol. The van der Waals surface area contributed by atoms with Crippen molar-refractivity contribution in [2.24, 2.45) is 0 Å². The Labute approximate surface area is 126 Å². The molecule has 6 heteroatoms. The molecule has 2 rings (SSSR count). The number of nitrogens with zero attached hydrogens (tertiary/aromatic N) is 3. The van der Waals surface area contributed by atoms with Gasteiger partial charge in [0.15, 0.2) is 5.82 Å². The monoisotopic (exact) mass is 294 g/mol. The molecule has 0 aromatic carbocycles.